The van der Waals surface area contributed by atoms with E-state index >= 15 is 0 Å². The summed E-state index contributed by atoms with van der Waals surface area (Å²) in [5, 5.41) is 2.46. The van der Waals surface area contributed by atoms with Crippen LogP contribution in [0.4, 0.5) is 4.79 Å². The summed E-state index contributed by atoms with van der Waals surface area (Å²) in [5.41, 5.74) is 0.996. The van der Waals surface area contributed by atoms with Crippen molar-refractivity contribution in [3.63, 3.8) is 0 Å². The summed E-state index contributed by atoms with van der Waals surface area (Å²) in [6.07, 6.45) is 1.44. The molecule has 0 saturated carbocycles. The number of carbonyl (C=O) groups excluding carboxylic acids is 2. The SMILES string of the molecule is CCCCN1C(CCl)=NC2C1C(=O)NC(=O)N2Cc1ccccc1. The Hall–Kier alpha value is -2.08. The number of alkyl halides is 1. The molecule has 2 aliphatic rings. The highest BCUT2D eigenvalue weighted by Crippen LogP contribution is 2.27. The molecule has 1 saturated heterocycles. The maximum absolute atomic E-state index is 12.4. The zero-order valence-corrected chi connectivity index (χ0v) is 14.4. The van der Waals surface area contributed by atoms with Crippen LogP contribution in [0.25, 0.3) is 0 Å². The van der Waals surface area contributed by atoms with E-state index in [4.69, 9.17) is 11.6 Å². The summed E-state index contributed by atoms with van der Waals surface area (Å²) in [6, 6.07) is 8.79. The number of aliphatic imine (C=N–C) groups is 1. The summed E-state index contributed by atoms with van der Waals surface area (Å²) in [7, 11) is 0. The van der Waals surface area contributed by atoms with E-state index < -0.39 is 18.2 Å². The first-order valence-corrected chi connectivity index (χ1v) is 8.73. The smallest absolute Gasteiger partial charge is 0.326 e. The van der Waals surface area contributed by atoms with Gasteiger partial charge in [-0.15, -0.1) is 11.6 Å². The average Bonchev–Trinajstić information content (AvgIpc) is 2.96. The number of rotatable bonds is 6. The molecule has 2 atom stereocenters. The predicted octanol–water partition coefficient (Wildman–Crippen LogP) is 2.19. The number of hydrogen-bond acceptors (Lipinski definition) is 4. The van der Waals surface area contributed by atoms with Crippen molar-refractivity contribution >= 4 is 29.4 Å². The van der Waals surface area contributed by atoms with Crippen molar-refractivity contribution in [2.75, 3.05) is 12.4 Å². The van der Waals surface area contributed by atoms with E-state index in [0.29, 0.717) is 18.9 Å². The van der Waals surface area contributed by atoms with Crippen LogP contribution >= 0.6 is 11.6 Å². The molecule has 1 aromatic carbocycles. The molecule has 0 aromatic heterocycles. The molecule has 1 aromatic rings. The first kappa shape index (κ1) is 16.8. The Morgan fingerprint density at radius 2 is 1.96 bits per heavy atom. The van der Waals surface area contributed by atoms with E-state index in [9.17, 15) is 9.59 Å². The van der Waals surface area contributed by atoms with Crippen molar-refractivity contribution in [1.82, 2.24) is 15.1 Å². The van der Waals surface area contributed by atoms with Gasteiger partial charge in [-0.3, -0.25) is 15.0 Å². The molecule has 6 nitrogen and oxygen atoms in total. The molecule has 0 bridgehead atoms. The van der Waals surface area contributed by atoms with Crippen LogP contribution in [0.15, 0.2) is 35.3 Å². The molecule has 3 amide bonds. The van der Waals surface area contributed by atoms with E-state index in [-0.39, 0.29) is 11.8 Å². The van der Waals surface area contributed by atoms with Gasteiger partial charge in [0.15, 0.2) is 12.2 Å². The number of fused-ring (bicyclic) bond motifs is 1. The number of nitrogens with zero attached hydrogens (tertiary/aromatic N) is 3. The van der Waals surface area contributed by atoms with E-state index in [2.05, 4.69) is 17.2 Å². The number of hydrogen-bond donors (Lipinski definition) is 1. The van der Waals surface area contributed by atoms with Crippen molar-refractivity contribution in [3.05, 3.63) is 35.9 Å². The molecule has 1 fully saturated rings. The van der Waals surface area contributed by atoms with Crippen molar-refractivity contribution in [3.8, 4) is 0 Å². The van der Waals surface area contributed by atoms with Crippen LogP contribution in [0.5, 0.6) is 0 Å². The van der Waals surface area contributed by atoms with E-state index in [1.54, 1.807) is 4.90 Å². The zero-order valence-electron chi connectivity index (χ0n) is 13.6. The number of unbranched alkanes of at least 4 members (excludes halogenated alkanes) is 1. The van der Waals surface area contributed by atoms with Crippen LogP contribution in [-0.2, 0) is 11.3 Å². The van der Waals surface area contributed by atoms with Crippen molar-refractivity contribution in [2.45, 2.75) is 38.5 Å². The second kappa shape index (κ2) is 7.21. The van der Waals surface area contributed by atoms with E-state index in [1.165, 1.54) is 0 Å². The highest BCUT2D eigenvalue weighted by atomic mass is 35.5. The molecular formula is C17H21ClN4O2. The largest absolute Gasteiger partial charge is 0.344 e. The molecule has 2 unspecified atom stereocenters. The van der Waals surface area contributed by atoms with Crippen LogP contribution in [0, 0.1) is 0 Å². The Bertz CT molecular complexity index is 649. The number of halogens is 1. The number of benzene rings is 1. The van der Waals surface area contributed by atoms with Crippen LogP contribution in [0.3, 0.4) is 0 Å². The molecule has 0 spiro atoms. The molecule has 128 valence electrons. The van der Waals surface area contributed by atoms with E-state index in [1.807, 2.05) is 35.2 Å². The first-order valence-electron chi connectivity index (χ1n) is 8.20. The van der Waals surface area contributed by atoms with Gasteiger partial charge in [0.1, 0.15) is 5.84 Å². The van der Waals surface area contributed by atoms with E-state index in [0.717, 1.165) is 18.4 Å². The number of nitrogens with one attached hydrogen (secondary N) is 1. The molecule has 7 heteroatoms. The van der Waals surface area contributed by atoms with Crippen LogP contribution < -0.4 is 5.32 Å². The Labute approximate surface area is 146 Å². The first-order chi connectivity index (χ1) is 11.7. The predicted molar refractivity (Wildman–Crippen MR) is 92.9 cm³/mol. The number of amidine groups is 1. The molecule has 2 aliphatic heterocycles. The minimum absolute atomic E-state index is 0.233. The highest BCUT2D eigenvalue weighted by Gasteiger charge is 2.49. The standard InChI is InChI=1S/C17H21ClN4O2/c1-2-3-9-21-13(10-18)19-15-14(21)16(23)20-17(24)22(15)11-12-7-5-4-6-8-12/h4-8,14-15H,2-3,9-11H2,1H3,(H,20,23,24). The third-order valence-electron chi connectivity index (χ3n) is 4.38. The molecule has 0 radical (unpaired) electrons. The summed E-state index contributed by atoms with van der Waals surface area (Å²) in [6.45, 7) is 3.21. The summed E-state index contributed by atoms with van der Waals surface area (Å²) in [5.74, 6) is 0.620. The summed E-state index contributed by atoms with van der Waals surface area (Å²) in [4.78, 5) is 32.9. The third-order valence-corrected chi connectivity index (χ3v) is 4.62. The van der Waals surface area contributed by atoms with Gasteiger partial charge in [-0.05, 0) is 12.0 Å². The van der Waals surface area contributed by atoms with Gasteiger partial charge >= 0.3 is 6.03 Å². The minimum atomic E-state index is -0.517. The van der Waals surface area contributed by atoms with Gasteiger partial charge in [-0.1, -0.05) is 43.7 Å². The van der Waals surface area contributed by atoms with Gasteiger partial charge in [-0.2, -0.15) is 0 Å². The van der Waals surface area contributed by atoms with Crippen LogP contribution in [0.1, 0.15) is 25.3 Å². The molecule has 1 N–H and O–H groups in total. The number of urea groups is 1. The van der Waals surface area contributed by atoms with Crippen molar-refractivity contribution in [1.29, 1.82) is 0 Å². The summed E-state index contributed by atoms with van der Waals surface area (Å²) < 4.78 is 0. The van der Waals surface area contributed by atoms with Gasteiger partial charge in [0, 0.05) is 13.1 Å². The second-order valence-corrected chi connectivity index (χ2v) is 6.26. The Morgan fingerprint density at radius 1 is 1.21 bits per heavy atom. The van der Waals surface area contributed by atoms with Gasteiger partial charge < -0.3 is 4.90 Å². The van der Waals surface area contributed by atoms with Gasteiger partial charge in [0.2, 0.25) is 0 Å². The maximum atomic E-state index is 12.4. The minimum Gasteiger partial charge on any atom is -0.344 e. The fourth-order valence-electron chi connectivity index (χ4n) is 3.16. The lowest BCUT2D eigenvalue weighted by molar-refractivity contribution is -0.127. The second-order valence-electron chi connectivity index (χ2n) is 5.99. The Balaban J connectivity index is 1.87. The van der Waals surface area contributed by atoms with Gasteiger partial charge in [0.05, 0.1) is 5.88 Å². The van der Waals surface area contributed by atoms with Gasteiger partial charge in [0.25, 0.3) is 5.91 Å². The molecule has 0 aliphatic carbocycles. The number of imide groups is 1. The highest BCUT2D eigenvalue weighted by molar-refractivity contribution is 6.28. The topological polar surface area (TPSA) is 65.0 Å². The molecular weight excluding hydrogens is 328 g/mol. The van der Waals surface area contributed by atoms with Gasteiger partial charge in [-0.25, -0.2) is 9.79 Å². The fraction of sp³-hybridized carbons (Fsp3) is 0.471. The number of carbonyl (C=O) groups is 2. The fourth-order valence-corrected chi connectivity index (χ4v) is 3.38. The van der Waals surface area contributed by atoms with Crippen LogP contribution in [-0.4, -0.2) is 52.2 Å². The lowest BCUT2D eigenvalue weighted by Crippen LogP contribution is -2.64. The Kier molecular flexibility index (Phi) is 5.04. The maximum Gasteiger partial charge on any atom is 0.326 e. The number of amides is 3. The lowest BCUT2D eigenvalue weighted by atomic mass is 10.1. The Morgan fingerprint density at radius 3 is 2.62 bits per heavy atom. The van der Waals surface area contributed by atoms with Crippen molar-refractivity contribution < 1.29 is 9.59 Å². The van der Waals surface area contributed by atoms with Crippen LogP contribution in [0.2, 0.25) is 0 Å². The normalized spacial score (nSPS) is 23.2. The molecule has 2 heterocycles. The summed E-state index contributed by atoms with van der Waals surface area (Å²) >= 11 is 6.03. The van der Waals surface area contributed by atoms with Crippen molar-refractivity contribution in [2.24, 2.45) is 4.99 Å². The lowest BCUT2D eigenvalue weighted by Gasteiger charge is -2.38. The molecule has 3 rings (SSSR count). The zero-order chi connectivity index (χ0) is 17.1. The third kappa shape index (κ3) is 3.11. The quantitative estimate of drug-likeness (QED) is 0.801. The average molecular weight is 349 g/mol. The monoisotopic (exact) mass is 348 g/mol. The molecule has 24 heavy (non-hydrogen) atoms.